The van der Waals surface area contributed by atoms with Crippen molar-refractivity contribution in [3.63, 3.8) is 0 Å². The molecule has 0 fully saturated rings. The molecule has 1 aromatic rings. The molecule has 1 aromatic carbocycles. The van der Waals surface area contributed by atoms with Crippen LogP contribution in [0.4, 0.5) is 10.5 Å². The number of nitrogens with two attached hydrogens (primary N) is 1. The molecule has 0 aliphatic carbocycles. The number of nitrogens with one attached hydrogen (secondary N) is 2. The van der Waals surface area contributed by atoms with E-state index in [9.17, 15) is 14.4 Å². The van der Waals surface area contributed by atoms with Crippen LogP contribution in [-0.2, 0) is 14.3 Å². The van der Waals surface area contributed by atoms with Gasteiger partial charge in [0.05, 0.1) is 12.3 Å². The molecule has 0 spiro atoms. The van der Waals surface area contributed by atoms with Crippen molar-refractivity contribution < 1.29 is 23.9 Å². The molecule has 0 aliphatic heterocycles. The van der Waals surface area contributed by atoms with Crippen LogP contribution in [0.2, 0.25) is 0 Å². The van der Waals surface area contributed by atoms with E-state index >= 15 is 0 Å². The molecular weight excluding hydrogens is 326 g/mol. The van der Waals surface area contributed by atoms with Crippen molar-refractivity contribution in [1.29, 1.82) is 0 Å². The summed E-state index contributed by atoms with van der Waals surface area (Å²) in [6.45, 7) is 5.59. The molecular formula is C17H25N3O5. The molecule has 8 nitrogen and oxygen atoms in total. The number of hydrogen-bond acceptors (Lipinski definition) is 5. The summed E-state index contributed by atoms with van der Waals surface area (Å²) in [7, 11) is 0. The van der Waals surface area contributed by atoms with Crippen molar-refractivity contribution >= 4 is 23.6 Å². The van der Waals surface area contributed by atoms with Crippen molar-refractivity contribution in [2.75, 3.05) is 18.5 Å². The first-order chi connectivity index (χ1) is 11.8. The van der Waals surface area contributed by atoms with E-state index in [-0.39, 0.29) is 5.92 Å². The molecule has 0 heterocycles. The first kappa shape index (κ1) is 20.3. The lowest BCUT2D eigenvalue weighted by atomic mass is 10.0. The van der Waals surface area contributed by atoms with E-state index in [1.807, 2.05) is 20.8 Å². The summed E-state index contributed by atoms with van der Waals surface area (Å²) in [4.78, 5) is 35.0. The Morgan fingerprint density at radius 2 is 1.88 bits per heavy atom. The number of ether oxygens (including phenoxy) is 2. The minimum atomic E-state index is -0.888. The van der Waals surface area contributed by atoms with Gasteiger partial charge in [0.15, 0.2) is 6.61 Å². The lowest BCUT2D eigenvalue weighted by Gasteiger charge is -2.18. The molecule has 1 rings (SSSR count). The fraction of sp³-hybridized carbons (Fsp3) is 0.471. The van der Waals surface area contributed by atoms with Crippen molar-refractivity contribution in [3.8, 4) is 5.75 Å². The highest BCUT2D eigenvalue weighted by Crippen LogP contribution is 2.23. The average molecular weight is 351 g/mol. The SMILES string of the molecule is CCOc1ccccc1NC(=O)COC(=O)[C@@H](CC(C)C)NC(N)=O. The van der Waals surface area contributed by atoms with Crippen molar-refractivity contribution in [2.45, 2.75) is 33.2 Å². The Kier molecular flexibility index (Phi) is 8.25. The number of hydrogen-bond donors (Lipinski definition) is 3. The Morgan fingerprint density at radius 3 is 2.48 bits per heavy atom. The van der Waals surface area contributed by atoms with Gasteiger partial charge in [0.25, 0.3) is 5.91 Å². The maximum atomic E-state index is 12.0. The van der Waals surface area contributed by atoms with Gasteiger partial charge >= 0.3 is 12.0 Å². The lowest BCUT2D eigenvalue weighted by molar-refractivity contribution is -0.149. The van der Waals surface area contributed by atoms with Crippen LogP contribution in [0.25, 0.3) is 0 Å². The molecule has 0 bridgehead atoms. The Hall–Kier alpha value is -2.77. The lowest BCUT2D eigenvalue weighted by Crippen LogP contribution is -2.45. The van der Waals surface area contributed by atoms with Gasteiger partial charge < -0.3 is 25.8 Å². The van der Waals surface area contributed by atoms with Crippen molar-refractivity contribution in [2.24, 2.45) is 11.7 Å². The molecule has 0 saturated carbocycles. The first-order valence-corrected chi connectivity index (χ1v) is 8.07. The molecule has 0 radical (unpaired) electrons. The number of para-hydroxylation sites is 2. The summed E-state index contributed by atoms with van der Waals surface area (Å²) >= 11 is 0. The molecule has 0 saturated heterocycles. The number of benzene rings is 1. The summed E-state index contributed by atoms with van der Waals surface area (Å²) in [6, 6.07) is 5.23. The third-order valence-corrected chi connectivity index (χ3v) is 3.11. The number of carbonyl (C=O) groups is 3. The average Bonchev–Trinajstić information content (AvgIpc) is 2.53. The van der Waals surface area contributed by atoms with Gasteiger partial charge in [0.1, 0.15) is 11.8 Å². The second-order valence-electron chi connectivity index (χ2n) is 5.78. The third kappa shape index (κ3) is 7.56. The number of carbonyl (C=O) groups excluding carboxylic acids is 3. The molecule has 138 valence electrons. The maximum absolute atomic E-state index is 12.0. The number of rotatable bonds is 9. The van der Waals surface area contributed by atoms with E-state index in [1.54, 1.807) is 24.3 Å². The van der Waals surface area contributed by atoms with Gasteiger partial charge in [-0.3, -0.25) is 4.79 Å². The monoisotopic (exact) mass is 351 g/mol. The smallest absolute Gasteiger partial charge is 0.329 e. The highest BCUT2D eigenvalue weighted by molar-refractivity contribution is 5.94. The fourth-order valence-corrected chi connectivity index (χ4v) is 2.13. The highest BCUT2D eigenvalue weighted by atomic mass is 16.5. The van der Waals surface area contributed by atoms with Gasteiger partial charge in [0, 0.05) is 0 Å². The summed E-state index contributed by atoms with van der Waals surface area (Å²) in [6.07, 6.45) is 0.358. The van der Waals surface area contributed by atoms with Gasteiger partial charge in [-0.2, -0.15) is 0 Å². The van der Waals surface area contributed by atoms with Gasteiger partial charge in [0.2, 0.25) is 0 Å². The Labute approximate surface area is 147 Å². The van der Waals surface area contributed by atoms with Gasteiger partial charge in [-0.25, -0.2) is 9.59 Å². The van der Waals surface area contributed by atoms with Crippen LogP contribution >= 0.6 is 0 Å². The number of primary amides is 1. The molecule has 25 heavy (non-hydrogen) atoms. The molecule has 1 atom stereocenters. The van der Waals surface area contributed by atoms with E-state index in [4.69, 9.17) is 15.2 Å². The predicted octanol–water partition coefficient (Wildman–Crippen LogP) is 1.65. The zero-order valence-corrected chi connectivity index (χ0v) is 14.7. The molecule has 3 amide bonds. The fourth-order valence-electron chi connectivity index (χ4n) is 2.13. The zero-order chi connectivity index (χ0) is 18.8. The highest BCUT2D eigenvalue weighted by Gasteiger charge is 2.23. The van der Waals surface area contributed by atoms with Gasteiger partial charge in [-0.15, -0.1) is 0 Å². The first-order valence-electron chi connectivity index (χ1n) is 8.07. The second-order valence-corrected chi connectivity index (χ2v) is 5.78. The van der Waals surface area contributed by atoms with Crippen LogP contribution in [0.5, 0.6) is 5.75 Å². The van der Waals surface area contributed by atoms with Crippen LogP contribution in [0.15, 0.2) is 24.3 Å². The van der Waals surface area contributed by atoms with Crippen LogP contribution < -0.4 is 21.1 Å². The number of amides is 3. The molecule has 0 aliphatic rings. The minimum absolute atomic E-state index is 0.135. The number of esters is 1. The van der Waals surface area contributed by atoms with E-state index in [0.717, 1.165) is 0 Å². The van der Waals surface area contributed by atoms with E-state index < -0.39 is 30.6 Å². The topological polar surface area (TPSA) is 120 Å². The summed E-state index contributed by atoms with van der Waals surface area (Å²) in [5.41, 5.74) is 5.54. The van der Waals surface area contributed by atoms with Crippen LogP contribution in [0.1, 0.15) is 27.2 Å². The Balaban J connectivity index is 2.59. The summed E-state index contributed by atoms with van der Waals surface area (Å²) in [5.74, 6) is -0.558. The van der Waals surface area contributed by atoms with E-state index in [0.29, 0.717) is 24.5 Å². The molecule has 0 unspecified atom stereocenters. The normalized spacial score (nSPS) is 11.5. The van der Waals surface area contributed by atoms with Gasteiger partial charge in [-0.1, -0.05) is 26.0 Å². The van der Waals surface area contributed by atoms with Crippen molar-refractivity contribution in [1.82, 2.24) is 5.32 Å². The van der Waals surface area contributed by atoms with E-state index in [1.165, 1.54) is 0 Å². The predicted molar refractivity (Wildman–Crippen MR) is 93.2 cm³/mol. The molecule has 4 N–H and O–H groups in total. The van der Waals surface area contributed by atoms with E-state index in [2.05, 4.69) is 10.6 Å². The van der Waals surface area contributed by atoms with Crippen LogP contribution in [-0.4, -0.2) is 37.2 Å². The van der Waals surface area contributed by atoms with Crippen molar-refractivity contribution in [3.05, 3.63) is 24.3 Å². The maximum Gasteiger partial charge on any atom is 0.329 e. The summed E-state index contributed by atoms with van der Waals surface area (Å²) < 4.78 is 10.4. The standard InChI is InChI=1S/C17H25N3O5/c1-4-24-14-8-6-5-7-12(14)19-15(21)10-25-16(22)13(9-11(2)3)20-17(18)23/h5-8,11,13H,4,9-10H2,1-3H3,(H,19,21)(H3,18,20,23)/t13-/m1/s1. The summed E-state index contributed by atoms with van der Waals surface area (Å²) in [5, 5.41) is 4.94. The number of anilines is 1. The molecule has 8 heteroatoms. The minimum Gasteiger partial charge on any atom is -0.492 e. The molecule has 0 aromatic heterocycles. The quantitative estimate of drug-likeness (QED) is 0.584. The van der Waals surface area contributed by atoms with Crippen LogP contribution in [0, 0.1) is 5.92 Å². The Bertz CT molecular complexity index is 604. The number of urea groups is 1. The zero-order valence-electron chi connectivity index (χ0n) is 14.7. The van der Waals surface area contributed by atoms with Crippen LogP contribution in [0.3, 0.4) is 0 Å². The van der Waals surface area contributed by atoms with Gasteiger partial charge in [-0.05, 0) is 31.4 Å². The second kappa shape index (κ2) is 10.2. The Morgan fingerprint density at radius 1 is 1.20 bits per heavy atom. The largest absolute Gasteiger partial charge is 0.492 e. The third-order valence-electron chi connectivity index (χ3n) is 3.11.